The molecule has 4 heteroatoms. The van der Waals surface area contributed by atoms with Gasteiger partial charge in [-0.25, -0.2) is 0 Å². The van der Waals surface area contributed by atoms with Gasteiger partial charge in [-0.15, -0.1) is 0 Å². The quantitative estimate of drug-likeness (QED) is 0.468. The van der Waals surface area contributed by atoms with E-state index >= 15 is 0 Å². The highest BCUT2D eigenvalue weighted by Gasteiger charge is 2.27. The molecule has 4 nitrogen and oxygen atoms in total. The first-order chi connectivity index (χ1) is 5.68. The van der Waals surface area contributed by atoms with Gasteiger partial charge in [-0.1, -0.05) is 13.3 Å². The van der Waals surface area contributed by atoms with Crippen LogP contribution in [0.2, 0.25) is 0 Å². The molecule has 1 N–H and O–H groups in total. The lowest BCUT2D eigenvalue weighted by atomic mass is 10.4. The highest BCUT2D eigenvalue weighted by atomic mass is 17.0. The Kier molecular flexibility index (Phi) is 6.28. The van der Waals surface area contributed by atoms with E-state index in [1.54, 1.807) is 6.92 Å². The molecule has 0 aliphatic rings. The number of hydrogen-bond donors (Lipinski definition) is 1. The number of unbranched alkanes of at least 4 members (excludes halogenated alkanes) is 1. The maximum Gasteiger partial charge on any atom is 0.409 e. The molecule has 12 heavy (non-hydrogen) atoms. The average Bonchev–Trinajstić information content (AvgIpc) is 2.06. The van der Waals surface area contributed by atoms with Gasteiger partial charge < -0.3 is 19.3 Å². The number of aliphatic hydroxyl groups is 1. The van der Waals surface area contributed by atoms with Crippen molar-refractivity contribution in [3.05, 3.63) is 0 Å². The number of methoxy groups -OCH3 is 1. The molecule has 0 rings (SSSR count). The van der Waals surface area contributed by atoms with Gasteiger partial charge in [0.15, 0.2) is 0 Å². The number of ether oxygens (including phenoxy) is 3. The molecule has 0 amide bonds. The number of hydrogen-bond acceptors (Lipinski definition) is 4. The van der Waals surface area contributed by atoms with Gasteiger partial charge in [0.25, 0.3) is 0 Å². The van der Waals surface area contributed by atoms with E-state index in [2.05, 4.69) is 4.74 Å². The molecule has 0 radical (unpaired) electrons. The summed E-state index contributed by atoms with van der Waals surface area (Å²) in [6.45, 7) is 4.57. The molecule has 0 aromatic rings. The lowest BCUT2D eigenvalue weighted by Crippen LogP contribution is -2.38. The molecule has 1 unspecified atom stereocenters. The molecule has 0 saturated carbocycles. The fourth-order valence-corrected chi connectivity index (χ4v) is 0.687. The molecule has 1 atom stereocenters. The van der Waals surface area contributed by atoms with Gasteiger partial charge in [-0.3, -0.25) is 0 Å². The van der Waals surface area contributed by atoms with Crippen molar-refractivity contribution in [3.8, 4) is 0 Å². The average molecular weight is 178 g/mol. The van der Waals surface area contributed by atoms with E-state index in [4.69, 9.17) is 9.47 Å². The predicted molar refractivity (Wildman–Crippen MR) is 44.4 cm³/mol. The maximum absolute atomic E-state index is 9.38. The van der Waals surface area contributed by atoms with E-state index < -0.39 is 6.16 Å². The van der Waals surface area contributed by atoms with Gasteiger partial charge in [0.2, 0.25) is 0 Å². The zero-order valence-corrected chi connectivity index (χ0v) is 8.00. The molecular weight excluding hydrogens is 160 g/mol. The molecule has 0 bridgehead atoms. The van der Waals surface area contributed by atoms with Crippen molar-refractivity contribution in [3.63, 3.8) is 0 Å². The third-order valence-corrected chi connectivity index (χ3v) is 1.37. The second kappa shape index (κ2) is 6.37. The molecule has 0 spiro atoms. The van der Waals surface area contributed by atoms with Crippen molar-refractivity contribution < 1.29 is 19.3 Å². The molecule has 74 valence electrons. The van der Waals surface area contributed by atoms with Gasteiger partial charge >= 0.3 is 6.16 Å². The Balaban J connectivity index is 3.63. The van der Waals surface area contributed by atoms with Crippen molar-refractivity contribution >= 4 is 0 Å². The monoisotopic (exact) mass is 178 g/mol. The van der Waals surface area contributed by atoms with Crippen LogP contribution >= 0.6 is 0 Å². The van der Waals surface area contributed by atoms with Crippen LogP contribution in [-0.2, 0) is 14.2 Å². The van der Waals surface area contributed by atoms with Crippen LogP contribution in [0, 0.1) is 0 Å². The van der Waals surface area contributed by atoms with Crippen LogP contribution in [0.25, 0.3) is 0 Å². The Morgan fingerprint density at radius 1 is 1.25 bits per heavy atom. The second-order valence-electron chi connectivity index (χ2n) is 2.36. The summed E-state index contributed by atoms with van der Waals surface area (Å²) in [5, 5.41) is 9.38. The van der Waals surface area contributed by atoms with Gasteiger partial charge in [-0.05, 0) is 13.3 Å². The molecule has 0 saturated heterocycles. The van der Waals surface area contributed by atoms with E-state index in [1.807, 2.05) is 6.92 Å². The minimum absolute atomic E-state index is 0.344. The van der Waals surface area contributed by atoms with Crippen molar-refractivity contribution in [1.29, 1.82) is 0 Å². The lowest BCUT2D eigenvalue weighted by molar-refractivity contribution is -0.477. The summed E-state index contributed by atoms with van der Waals surface area (Å²) in [6, 6.07) is 0. The molecule has 0 aromatic heterocycles. The highest BCUT2D eigenvalue weighted by Crippen LogP contribution is 2.10. The van der Waals surface area contributed by atoms with Gasteiger partial charge in [0.05, 0.1) is 13.2 Å². The molecule has 0 aliphatic heterocycles. The summed E-state index contributed by atoms with van der Waals surface area (Å²) in [7, 11) is 1.33. The van der Waals surface area contributed by atoms with Gasteiger partial charge in [0, 0.05) is 7.11 Å². The Hall–Kier alpha value is -0.160. The Morgan fingerprint density at radius 2 is 1.92 bits per heavy atom. The number of rotatable bonds is 7. The summed E-state index contributed by atoms with van der Waals surface area (Å²) in [6.07, 6.45) is 0.0224. The van der Waals surface area contributed by atoms with E-state index in [-0.39, 0.29) is 0 Å². The third kappa shape index (κ3) is 4.66. The van der Waals surface area contributed by atoms with E-state index in [9.17, 15) is 5.11 Å². The summed E-state index contributed by atoms with van der Waals surface area (Å²) in [4.78, 5) is 0. The molecule has 0 fully saturated rings. The third-order valence-electron chi connectivity index (χ3n) is 1.37. The largest absolute Gasteiger partial charge is 0.409 e. The first-order valence-corrected chi connectivity index (χ1v) is 4.24. The fourth-order valence-electron chi connectivity index (χ4n) is 0.687. The second-order valence-corrected chi connectivity index (χ2v) is 2.36. The van der Waals surface area contributed by atoms with E-state index in [1.165, 1.54) is 7.11 Å². The van der Waals surface area contributed by atoms with Crippen LogP contribution < -0.4 is 0 Å². The molecular formula is C8H18O4. The summed E-state index contributed by atoms with van der Waals surface area (Å²) < 4.78 is 14.4. The zero-order valence-electron chi connectivity index (χ0n) is 8.00. The zero-order chi connectivity index (χ0) is 9.45. The minimum atomic E-state index is -1.86. The van der Waals surface area contributed by atoms with Crippen LogP contribution in [0.4, 0.5) is 0 Å². The Morgan fingerprint density at radius 3 is 2.33 bits per heavy atom. The van der Waals surface area contributed by atoms with Crippen LogP contribution in [-0.4, -0.2) is 31.6 Å². The van der Waals surface area contributed by atoms with Crippen LogP contribution in [0.1, 0.15) is 26.7 Å². The smallest absolute Gasteiger partial charge is 0.319 e. The van der Waals surface area contributed by atoms with Crippen LogP contribution in [0.3, 0.4) is 0 Å². The van der Waals surface area contributed by atoms with E-state index in [0.717, 1.165) is 12.8 Å². The van der Waals surface area contributed by atoms with Crippen molar-refractivity contribution in [1.82, 2.24) is 0 Å². The van der Waals surface area contributed by atoms with Crippen molar-refractivity contribution in [2.45, 2.75) is 32.8 Å². The topological polar surface area (TPSA) is 47.9 Å². The van der Waals surface area contributed by atoms with Crippen LogP contribution in [0.15, 0.2) is 0 Å². The first kappa shape index (κ1) is 11.8. The van der Waals surface area contributed by atoms with Crippen molar-refractivity contribution in [2.75, 3.05) is 20.3 Å². The van der Waals surface area contributed by atoms with Crippen LogP contribution in [0.5, 0.6) is 0 Å². The van der Waals surface area contributed by atoms with Gasteiger partial charge in [0.1, 0.15) is 0 Å². The highest BCUT2D eigenvalue weighted by molar-refractivity contribution is 4.37. The van der Waals surface area contributed by atoms with Crippen molar-refractivity contribution in [2.24, 2.45) is 0 Å². The SMILES string of the molecule is CCCCOC(O)(OC)OCC. The fraction of sp³-hybridized carbons (Fsp3) is 1.00. The molecule has 0 aliphatic carbocycles. The first-order valence-electron chi connectivity index (χ1n) is 4.24. The van der Waals surface area contributed by atoms with Gasteiger partial charge in [-0.2, -0.15) is 0 Å². The lowest BCUT2D eigenvalue weighted by Gasteiger charge is -2.24. The summed E-state index contributed by atoms with van der Waals surface area (Å²) in [5.74, 6) is 0. The minimum Gasteiger partial charge on any atom is -0.319 e. The maximum atomic E-state index is 9.38. The normalized spacial score (nSPS) is 16.0. The predicted octanol–water partition coefficient (Wildman–Crippen LogP) is 1.09. The molecule has 0 heterocycles. The molecule has 0 aromatic carbocycles. The Labute approximate surface area is 73.4 Å². The Bertz CT molecular complexity index is 107. The summed E-state index contributed by atoms with van der Waals surface area (Å²) >= 11 is 0. The van der Waals surface area contributed by atoms with E-state index in [0.29, 0.717) is 13.2 Å². The summed E-state index contributed by atoms with van der Waals surface area (Å²) in [5.41, 5.74) is 0. The standard InChI is InChI=1S/C8H18O4/c1-4-6-7-12-8(9,10-3)11-5-2/h9H,4-7H2,1-3H3.